The van der Waals surface area contributed by atoms with Crippen molar-refractivity contribution in [3.05, 3.63) is 30.1 Å². The van der Waals surface area contributed by atoms with Crippen molar-refractivity contribution >= 4 is 35.6 Å². The van der Waals surface area contributed by atoms with Crippen LogP contribution in [0.2, 0.25) is 0 Å². The standard InChI is InChI=1S/C16H23FN4.HI/c1-18-16(19-12-13-2-3-13)21-10-8-20(9-11-21)15-6-4-14(17)5-7-15;/h4-7,13H,2-3,8-12H2,1H3,(H,18,19);1H. The Kier molecular flexibility index (Phi) is 6.28. The minimum atomic E-state index is -0.179. The molecule has 0 spiro atoms. The van der Waals surface area contributed by atoms with Crippen LogP contribution >= 0.6 is 24.0 Å². The molecule has 0 atom stereocenters. The van der Waals surface area contributed by atoms with Crippen LogP contribution in [0.4, 0.5) is 10.1 Å². The summed E-state index contributed by atoms with van der Waals surface area (Å²) in [6.45, 7) is 4.82. The van der Waals surface area contributed by atoms with Crippen LogP contribution < -0.4 is 10.2 Å². The van der Waals surface area contributed by atoms with Gasteiger partial charge in [-0.25, -0.2) is 4.39 Å². The van der Waals surface area contributed by atoms with Gasteiger partial charge in [-0.2, -0.15) is 0 Å². The Hall–Kier alpha value is -1.05. The molecule has 22 heavy (non-hydrogen) atoms. The second kappa shape index (κ2) is 7.99. The Morgan fingerprint density at radius 2 is 1.82 bits per heavy atom. The molecule has 0 unspecified atom stereocenters. The second-order valence-corrected chi connectivity index (χ2v) is 5.82. The number of piperazine rings is 1. The van der Waals surface area contributed by atoms with E-state index >= 15 is 0 Å². The molecule has 3 rings (SSSR count). The van der Waals surface area contributed by atoms with Crippen molar-refractivity contribution < 1.29 is 4.39 Å². The maximum atomic E-state index is 13.0. The highest BCUT2D eigenvalue weighted by atomic mass is 127. The number of hydrogen-bond acceptors (Lipinski definition) is 2. The highest BCUT2D eigenvalue weighted by Crippen LogP contribution is 2.27. The van der Waals surface area contributed by atoms with Gasteiger partial charge in [-0.05, 0) is 43.0 Å². The summed E-state index contributed by atoms with van der Waals surface area (Å²) in [5.41, 5.74) is 1.09. The van der Waals surface area contributed by atoms with Crippen LogP contribution in [0.5, 0.6) is 0 Å². The van der Waals surface area contributed by atoms with Crippen LogP contribution in [0, 0.1) is 11.7 Å². The van der Waals surface area contributed by atoms with E-state index in [9.17, 15) is 4.39 Å². The third kappa shape index (κ3) is 4.47. The number of anilines is 1. The lowest BCUT2D eigenvalue weighted by molar-refractivity contribution is 0.372. The summed E-state index contributed by atoms with van der Waals surface area (Å²) in [6, 6.07) is 6.76. The molecule has 1 aromatic carbocycles. The van der Waals surface area contributed by atoms with E-state index in [1.54, 1.807) is 0 Å². The fraction of sp³-hybridized carbons (Fsp3) is 0.562. The molecule has 1 saturated carbocycles. The van der Waals surface area contributed by atoms with E-state index in [0.717, 1.165) is 50.3 Å². The molecule has 0 radical (unpaired) electrons. The zero-order valence-corrected chi connectivity index (χ0v) is 15.3. The van der Waals surface area contributed by atoms with Gasteiger partial charge in [0.25, 0.3) is 0 Å². The van der Waals surface area contributed by atoms with Crippen LogP contribution in [0.3, 0.4) is 0 Å². The third-order valence-corrected chi connectivity index (χ3v) is 4.23. The van der Waals surface area contributed by atoms with E-state index in [4.69, 9.17) is 0 Å². The van der Waals surface area contributed by atoms with E-state index < -0.39 is 0 Å². The lowest BCUT2D eigenvalue weighted by atomic mass is 10.2. The number of halogens is 2. The van der Waals surface area contributed by atoms with E-state index in [1.807, 2.05) is 19.2 Å². The Morgan fingerprint density at radius 3 is 2.36 bits per heavy atom. The molecule has 0 bridgehead atoms. The van der Waals surface area contributed by atoms with Crippen LogP contribution in [0.15, 0.2) is 29.3 Å². The van der Waals surface area contributed by atoms with Crippen molar-refractivity contribution in [2.24, 2.45) is 10.9 Å². The molecular weight excluding hydrogens is 394 g/mol. The minimum Gasteiger partial charge on any atom is -0.368 e. The molecular formula is C16H24FIN4. The quantitative estimate of drug-likeness (QED) is 0.465. The predicted molar refractivity (Wildman–Crippen MR) is 99.7 cm³/mol. The minimum absolute atomic E-state index is 0. The zero-order valence-electron chi connectivity index (χ0n) is 13.0. The van der Waals surface area contributed by atoms with Crippen LogP contribution in [0.1, 0.15) is 12.8 Å². The topological polar surface area (TPSA) is 30.9 Å². The van der Waals surface area contributed by atoms with Gasteiger partial charge in [-0.15, -0.1) is 24.0 Å². The molecule has 1 saturated heterocycles. The fourth-order valence-corrected chi connectivity index (χ4v) is 2.72. The Morgan fingerprint density at radius 1 is 1.18 bits per heavy atom. The van der Waals surface area contributed by atoms with E-state index in [0.29, 0.717) is 0 Å². The van der Waals surface area contributed by atoms with Gasteiger partial charge >= 0.3 is 0 Å². The van der Waals surface area contributed by atoms with E-state index in [2.05, 4.69) is 20.1 Å². The van der Waals surface area contributed by atoms with E-state index in [1.165, 1.54) is 25.0 Å². The largest absolute Gasteiger partial charge is 0.368 e. The molecule has 2 aliphatic rings. The molecule has 4 nitrogen and oxygen atoms in total. The summed E-state index contributed by atoms with van der Waals surface area (Å²) in [5, 5.41) is 3.47. The van der Waals surface area contributed by atoms with Gasteiger partial charge < -0.3 is 15.1 Å². The highest BCUT2D eigenvalue weighted by Gasteiger charge is 2.24. The average Bonchev–Trinajstić information content (AvgIpc) is 3.34. The maximum Gasteiger partial charge on any atom is 0.193 e. The molecule has 0 amide bonds. The van der Waals surface area contributed by atoms with Crippen LogP contribution in [-0.2, 0) is 0 Å². The first kappa shape index (κ1) is 17.3. The Balaban J connectivity index is 0.00000176. The molecule has 1 N–H and O–H groups in total. The Labute approximate surface area is 148 Å². The summed E-state index contributed by atoms with van der Waals surface area (Å²) in [5.74, 6) is 1.69. The lowest BCUT2D eigenvalue weighted by Gasteiger charge is -2.37. The summed E-state index contributed by atoms with van der Waals surface area (Å²) < 4.78 is 13.0. The first-order valence-corrected chi connectivity index (χ1v) is 7.72. The SMILES string of the molecule is CN=C(NCC1CC1)N1CCN(c2ccc(F)cc2)CC1.I. The molecule has 1 aliphatic heterocycles. The molecule has 1 aromatic rings. The summed E-state index contributed by atoms with van der Waals surface area (Å²) in [4.78, 5) is 8.99. The van der Waals surface area contributed by atoms with Crippen molar-refractivity contribution in [2.45, 2.75) is 12.8 Å². The average molecular weight is 418 g/mol. The van der Waals surface area contributed by atoms with Gasteiger partial charge in [0.05, 0.1) is 0 Å². The van der Waals surface area contributed by atoms with E-state index in [-0.39, 0.29) is 29.8 Å². The molecule has 2 fully saturated rings. The molecule has 6 heteroatoms. The smallest absolute Gasteiger partial charge is 0.193 e. The number of hydrogen-bond donors (Lipinski definition) is 1. The fourth-order valence-electron chi connectivity index (χ4n) is 2.72. The monoisotopic (exact) mass is 418 g/mol. The third-order valence-electron chi connectivity index (χ3n) is 4.23. The van der Waals surface area contributed by atoms with Crippen molar-refractivity contribution in [1.82, 2.24) is 10.2 Å². The highest BCUT2D eigenvalue weighted by molar-refractivity contribution is 14.0. The molecule has 1 heterocycles. The first-order chi connectivity index (χ1) is 10.3. The number of rotatable bonds is 3. The lowest BCUT2D eigenvalue weighted by Crippen LogP contribution is -2.52. The summed E-state index contributed by atoms with van der Waals surface area (Å²) in [6.07, 6.45) is 2.70. The summed E-state index contributed by atoms with van der Waals surface area (Å²) in [7, 11) is 1.85. The van der Waals surface area contributed by atoms with Gasteiger partial charge in [0.1, 0.15) is 5.82 Å². The number of guanidine groups is 1. The van der Waals surface area contributed by atoms with Crippen molar-refractivity contribution in [3.8, 4) is 0 Å². The van der Waals surface area contributed by atoms with Gasteiger partial charge in [0.15, 0.2) is 5.96 Å². The second-order valence-electron chi connectivity index (χ2n) is 5.82. The van der Waals surface area contributed by atoms with Crippen LogP contribution in [-0.4, -0.2) is 50.6 Å². The normalized spacial score (nSPS) is 18.9. The maximum absolute atomic E-state index is 13.0. The predicted octanol–water partition coefficient (Wildman–Crippen LogP) is 2.55. The molecule has 122 valence electrons. The van der Waals surface area contributed by atoms with Crippen LogP contribution in [0.25, 0.3) is 0 Å². The number of nitrogens with one attached hydrogen (secondary N) is 1. The Bertz CT molecular complexity index is 493. The van der Waals surface area contributed by atoms with Gasteiger partial charge in [0, 0.05) is 45.5 Å². The first-order valence-electron chi connectivity index (χ1n) is 7.72. The molecule has 1 aliphatic carbocycles. The van der Waals surface area contributed by atoms with Crippen molar-refractivity contribution in [2.75, 3.05) is 44.7 Å². The number of benzene rings is 1. The van der Waals surface area contributed by atoms with Gasteiger partial charge in [-0.3, -0.25) is 4.99 Å². The van der Waals surface area contributed by atoms with Crippen molar-refractivity contribution in [1.29, 1.82) is 0 Å². The van der Waals surface area contributed by atoms with Crippen molar-refractivity contribution in [3.63, 3.8) is 0 Å². The number of nitrogens with zero attached hydrogens (tertiary/aromatic N) is 3. The number of aliphatic imine (C=N–C) groups is 1. The van der Waals surface area contributed by atoms with Gasteiger partial charge in [-0.1, -0.05) is 0 Å². The zero-order chi connectivity index (χ0) is 14.7. The van der Waals surface area contributed by atoms with Gasteiger partial charge in [0.2, 0.25) is 0 Å². The molecule has 0 aromatic heterocycles. The summed E-state index contributed by atoms with van der Waals surface area (Å²) >= 11 is 0.